The zero-order valence-corrected chi connectivity index (χ0v) is 12.8. The molecule has 1 atom stereocenters. The quantitative estimate of drug-likeness (QED) is 0.787. The van der Waals surface area contributed by atoms with E-state index in [1.54, 1.807) is 13.8 Å². The minimum Gasteiger partial charge on any atom is -0.398 e. The highest BCUT2D eigenvalue weighted by molar-refractivity contribution is 7.89. The van der Waals surface area contributed by atoms with Gasteiger partial charge in [0.2, 0.25) is 10.0 Å². The zero-order valence-electron chi connectivity index (χ0n) is 11.2. The van der Waals surface area contributed by atoms with Crippen LogP contribution in [0.5, 0.6) is 0 Å². The molecule has 0 spiro atoms. The van der Waals surface area contributed by atoms with Crippen LogP contribution in [0.1, 0.15) is 19.4 Å². The number of halogens is 1. The van der Waals surface area contributed by atoms with Crippen LogP contribution in [0.4, 0.5) is 5.69 Å². The highest BCUT2D eigenvalue weighted by Gasteiger charge is 2.17. The van der Waals surface area contributed by atoms with Gasteiger partial charge >= 0.3 is 0 Å². The lowest BCUT2D eigenvalue weighted by molar-refractivity contribution is 0.0799. The van der Waals surface area contributed by atoms with E-state index in [0.717, 1.165) is 0 Å². The van der Waals surface area contributed by atoms with E-state index in [9.17, 15) is 8.42 Å². The van der Waals surface area contributed by atoms with Crippen molar-refractivity contribution in [3.8, 4) is 0 Å². The van der Waals surface area contributed by atoms with Gasteiger partial charge in [0.15, 0.2) is 0 Å². The highest BCUT2D eigenvalue weighted by Crippen LogP contribution is 2.25. The molecular formula is C12H19ClN2O3S. The van der Waals surface area contributed by atoms with Gasteiger partial charge in [0.25, 0.3) is 0 Å². The van der Waals surface area contributed by atoms with Crippen LogP contribution >= 0.6 is 11.6 Å². The molecule has 0 radical (unpaired) electrons. The van der Waals surface area contributed by atoms with E-state index < -0.39 is 10.0 Å². The highest BCUT2D eigenvalue weighted by atomic mass is 35.5. The third-order valence-corrected chi connectivity index (χ3v) is 4.48. The van der Waals surface area contributed by atoms with Gasteiger partial charge in [-0.15, -0.1) is 0 Å². The van der Waals surface area contributed by atoms with Gasteiger partial charge in [0.1, 0.15) is 0 Å². The molecule has 3 N–H and O–H groups in total. The SMILES string of the molecule is CCOC(C)CNS(=O)(=O)c1cc(N)c(C)c(Cl)c1. The monoisotopic (exact) mass is 306 g/mol. The van der Waals surface area contributed by atoms with Crippen molar-refractivity contribution in [3.63, 3.8) is 0 Å². The number of sulfonamides is 1. The molecule has 1 unspecified atom stereocenters. The molecule has 0 aliphatic carbocycles. The van der Waals surface area contributed by atoms with Crippen LogP contribution in [0.2, 0.25) is 5.02 Å². The summed E-state index contributed by atoms with van der Waals surface area (Å²) in [5.74, 6) is 0. The molecule has 7 heteroatoms. The molecule has 0 fully saturated rings. The summed E-state index contributed by atoms with van der Waals surface area (Å²) in [6.07, 6.45) is -0.196. The van der Waals surface area contributed by atoms with Gasteiger partial charge in [-0.2, -0.15) is 0 Å². The van der Waals surface area contributed by atoms with Crippen LogP contribution in [0.3, 0.4) is 0 Å². The molecule has 0 saturated carbocycles. The number of rotatable bonds is 6. The number of benzene rings is 1. The summed E-state index contributed by atoms with van der Waals surface area (Å²) in [6.45, 7) is 6.11. The predicted octanol–water partition coefficient (Wildman–Crippen LogP) is 1.93. The number of nitrogen functional groups attached to an aromatic ring is 1. The van der Waals surface area contributed by atoms with Crippen molar-refractivity contribution < 1.29 is 13.2 Å². The normalized spacial score (nSPS) is 13.5. The van der Waals surface area contributed by atoms with Gasteiger partial charge in [-0.1, -0.05) is 11.6 Å². The van der Waals surface area contributed by atoms with Crippen LogP contribution < -0.4 is 10.5 Å². The maximum absolute atomic E-state index is 12.1. The van der Waals surface area contributed by atoms with Gasteiger partial charge in [-0.3, -0.25) is 0 Å². The maximum Gasteiger partial charge on any atom is 0.240 e. The van der Waals surface area contributed by atoms with Crippen LogP contribution in [-0.4, -0.2) is 27.7 Å². The molecule has 19 heavy (non-hydrogen) atoms. The molecule has 0 heterocycles. The molecule has 0 bridgehead atoms. The van der Waals surface area contributed by atoms with E-state index in [4.69, 9.17) is 22.1 Å². The van der Waals surface area contributed by atoms with E-state index in [1.807, 2.05) is 6.92 Å². The van der Waals surface area contributed by atoms with Crippen LogP contribution in [0, 0.1) is 6.92 Å². The van der Waals surface area contributed by atoms with Crippen LogP contribution in [0.15, 0.2) is 17.0 Å². The van der Waals surface area contributed by atoms with Crippen molar-refractivity contribution in [2.45, 2.75) is 31.8 Å². The third-order valence-electron chi connectivity index (χ3n) is 2.68. The predicted molar refractivity (Wildman–Crippen MR) is 76.9 cm³/mol. The standard InChI is InChI=1S/C12H19ClN2O3S/c1-4-18-8(2)7-15-19(16,17)10-5-11(13)9(3)12(14)6-10/h5-6,8,15H,4,7,14H2,1-3H3. The Hall–Kier alpha value is -0.820. The molecule has 5 nitrogen and oxygen atoms in total. The van der Waals surface area contributed by atoms with Gasteiger partial charge < -0.3 is 10.5 Å². The fourth-order valence-corrected chi connectivity index (χ4v) is 2.95. The first kappa shape index (κ1) is 16.2. The maximum atomic E-state index is 12.1. The van der Waals surface area contributed by atoms with Crippen molar-refractivity contribution in [1.82, 2.24) is 4.72 Å². The summed E-state index contributed by atoms with van der Waals surface area (Å²) >= 11 is 5.94. The molecule has 1 aromatic carbocycles. The summed E-state index contributed by atoms with van der Waals surface area (Å²) in [5.41, 5.74) is 6.74. The van der Waals surface area contributed by atoms with Crippen molar-refractivity contribution in [3.05, 3.63) is 22.7 Å². The first-order valence-electron chi connectivity index (χ1n) is 5.94. The molecule has 0 aliphatic rings. The first-order chi connectivity index (χ1) is 8.77. The molecule has 0 saturated heterocycles. The van der Waals surface area contributed by atoms with Crippen LogP contribution in [-0.2, 0) is 14.8 Å². The molecule has 0 aromatic heterocycles. The minimum atomic E-state index is -3.63. The Bertz CT molecular complexity index is 523. The van der Waals surface area contributed by atoms with Crippen molar-refractivity contribution in [2.24, 2.45) is 0 Å². The summed E-state index contributed by atoms with van der Waals surface area (Å²) in [7, 11) is -3.63. The smallest absolute Gasteiger partial charge is 0.240 e. The summed E-state index contributed by atoms with van der Waals surface area (Å²) in [5, 5.41) is 0.332. The molecule has 108 valence electrons. The molecule has 0 amide bonds. The largest absolute Gasteiger partial charge is 0.398 e. The lowest BCUT2D eigenvalue weighted by atomic mass is 10.2. The van der Waals surface area contributed by atoms with Gasteiger partial charge in [0, 0.05) is 23.9 Å². The Morgan fingerprint density at radius 2 is 2.11 bits per heavy atom. The second kappa shape index (κ2) is 6.56. The Labute approximate surface area is 119 Å². The Kier molecular flexibility index (Phi) is 5.61. The topological polar surface area (TPSA) is 81.4 Å². The summed E-state index contributed by atoms with van der Waals surface area (Å²) in [4.78, 5) is 0.0595. The number of anilines is 1. The van der Waals surface area contributed by atoms with Crippen molar-refractivity contribution >= 4 is 27.3 Å². The number of nitrogens with one attached hydrogen (secondary N) is 1. The number of hydrogen-bond donors (Lipinski definition) is 2. The molecular weight excluding hydrogens is 288 g/mol. The summed E-state index contributed by atoms with van der Waals surface area (Å²) in [6, 6.07) is 2.79. The Balaban J connectivity index is 2.89. The minimum absolute atomic E-state index is 0.0595. The number of ether oxygens (including phenoxy) is 1. The van der Waals surface area contributed by atoms with Gasteiger partial charge in [0.05, 0.1) is 11.0 Å². The Morgan fingerprint density at radius 1 is 1.47 bits per heavy atom. The fourth-order valence-electron chi connectivity index (χ4n) is 1.48. The first-order valence-corrected chi connectivity index (χ1v) is 7.81. The average Bonchev–Trinajstić information content (AvgIpc) is 2.33. The fraction of sp³-hybridized carbons (Fsp3) is 0.500. The van der Waals surface area contributed by atoms with E-state index >= 15 is 0 Å². The third kappa shape index (κ3) is 4.35. The second-order valence-electron chi connectivity index (χ2n) is 4.24. The van der Waals surface area contributed by atoms with Gasteiger partial charge in [-0.25, -0.2) is 13.1 Å². The molecule has 1 aromatic rings. The summed E-state index contributed by atoms with van der Waals surface area (Å²) < 4.78 is 31.9. The number of hydrogen-bond acceptors (Lipinski definition) is 4. The van der Waals surface area contributed by atoms with Crippen LogP contribution in [0.25, 0.3) is 0 Å². The average molecular weight is 307 g/mol. The lowest BCUT2D eigenvalue weighted by Gasteiger charge is -2.14. The van der Waals surface area contributed by atoms with Gasteiger partial charge in [-0.05, 0) is 38.5 Å². The van der Waals surface area contributed by atoms with E-state index in [1.165, 1.54) is 12.1 Å². The van der Waals surface area contributed by atoms with Crippen molar-refractivity contribution in [1.29, 1.82) is 0 Å². The Morgan fingerprint density at radius 3 is 2.63 bits per heavy atom. The van der Waals surface area contributed by atoms with E-state index in [-0.39, 0.29) is 17.5 Å². The number of nitrogens with two attached hydrogens (primary N) is 1. The molecule has 0 aliphatic heterocycles. The lowest BCUT2D eigenvalue weighted by Crippen LogP contribution is -2.32. The zero-order chi connectivity index (χ0) is 14.6. The molecule has 1 rings (SSSR count). The second-order valence-corrected chi connectivity index (χ2v) is 6.41. The van der Waals surface area contributed by atoms with Crippen molar-refractivity contribution in [2.75, 3.05) is 18.9 Å². The van der Waals surface area contributed by atoms with E-state index in [2.05, 4.69) is 4.72 Å². The van der Waals surface area contributed by atoms with E-state index in [0.29, 0.717) is 22.9 Å².